The molecule has 0 radical (unpaired) electrons. The third-order valence-corrected chi connectivity index (χ3v) is 3.36. The highest BCUT2D eigenvalue weighted by Crippen LogP contribution is 2.10. The monoisotopic (exact) mass is 340 g/mol. The van der Waals surface area contributed by atoms with E-state index in [1.54, 1.807) is 6.20 Å². The van der Waals surface area contributed by atoms with Gasteiger partial charge in [-0.05, 0) is 49.2 Å². The first-order chi connectivity index (χ1) is 9.66. The summed E-state index contributed by atoms with van der Waals surface area (Å²) in [7, 11) is 0. The molecule has 1 N–H and O–H groups in total. The second-order valence-electron chi connectivity index (χ2n) is 4.99. The van der Waals surface area contributed by atoms with E-state index in [1.165, 1.54) is 0 Å². The molecule has 0 aromatic carbocycles. The van der Waals surface area contributed by atoms with Crippen LogP contribution in [0.5, 0.6) is 0 Å². The lowest BCUT2D eigenvalue weighted by molar-refractivity contribution is 0.0760. The van der Waals surface area contributed by atoms with Gasteiger partial charge < -0.3 is 10.1 Å². The summed E-state index contributed by atoms with van der Waals surface area (Å²) in [6.45, 7) is 6.77. The van der Waals surface area contributed by atoms with Gasteiger partial charge in [0.1, 0.15) is 4.60 Å². The van der Waals surface area contributed by atoms with Crippen LogP contribution in [0.2, 0.25) is 0 Å². The lowest BCUT2D eigenvalue weighted by Crippen LogP contribution is -2.16. The zero-order chi connectivity index (χ0) is 14.4. The summed E-state index contributed by atoms with van der Waals surface area (Å²) < 4.78 is 8.37. The number of hydrogen-bond acceptors (Lipinski definition) is 4. The Morgan fingerprint density at radius 2 is 2.15 bits per heavy atom. The highest BCUT2D eigenvalue weighted by molar-refractivity contribution is 9.10. The van der Waals surface area contributed by atoms with Crippen molar-refractivity contribution in [3.63, 3.8) is 0 Å². The van der Waals surface area contributed by atoms with E-state index >= 15 is 0 Å². The summed E-state index contributed by atoms with van der Waals surface area (Å²) in [4.78, 5) is 8.49. The first-order valence-electron chi connectivity index (χ1n) is 6.96. The Bertz CT molecular complexity index is 541. The highest BCUT2D eigenvalue weighted by Gasteiger charge is 2.03. The van der Waals surface area contributed by atoms with Gasteiger partial charge in [-0.2, -0.15) is 0 Å². The minimum absolute atomic E-state index is 0.327. The normalized spacial score (nSPS) is 11.6. The number of rotatable bonds is 8. The van der Waals surface area contributed by atoms with E-state index in [0.717, 1.165) is 48.5 Å². The van der Waals surface area contributed by atoms with E-state index in [0.29, 0.717) is 6.10 Å². The number of aromatic nitrogens is 3. The number of halogens is 1. The van der Waals surface area contributed by atoms with Crippen LogP contribution in [0.4, 0.5) is 0 Å². The van der Waals surface area contributed by atoms with Gasteiger partial charge in [0.15, 0.2) is 5.65 Å². The van der Waals surface area contributed by atoms with Gasteiger partial charge in [-0.15, -0.1) is 0 Å². The van der Waals surface area contributed by atoms with E-state index in [2.05, 4.69) is 45.1 Å². The number of imidazole rings is 1. The summed E-state index contributed by atoms with van der Waals surface area (Å²) in [5.41, 5.74) is 2.01. The maximum absolute atomic E-state index is 5.51. The Balaban J connectivity index is 1.72. The molecule has 0 unspecified atom stereocenters. The Hall–Kier alpha value is -0.980. The lowest BCUT2D eigenvalue weighted by atomic mass is 10.3. The van der Waals surface area contributed by atoms with Crippen molar-refractivity contribution in [2.45, 2.75) is 39.3 Å². The van der Waals surface area contributed by atoms with E-state index < -0.39 is 0 Å². The molecule has 2 heterocycles. The number of nitrogens with zero attached hydrogens (tertiary/aromatic N) is 3. The van der Waals surface area contributed by atoms with Crippen molar-refractivity contribution in [3.8, 4) is 0 Å². The van der Waals surface area contributed by atoms with Crippen molar-refractivity contribution in [3.05, 3.63) is 28.9 Å². The third kappa shape index (κ3) is 4.54. The van der Waals surface area contributed by atoms with Crippen molar-refractivity contribution in [2.24, 2.45) is 0 Å². The lowest BCUT2D eigenvalue weighted by Gasteiger charge is -2.08. The minimum atomic E-state index is 0.327. The summed E-state index contributed by atoms with van der Waals surface area (Å²) in [5, 5.41) is 3.44. The van der Waals surface area contributed by atoms with Crippen LogP contribution < -0.4 is 5.32 Å². The molecule has 0 amide bonds. The fourth-order valence-corrected chi connectivity index (χ4v) is 2.24. The van der Waals surface area contributed by atoms with Crippen LogP contribution in [0.1, 0.15) is 32.4 Å². The van der Waals surface area contributed by atoms with E-state index in [1.807, 2.05) is 16.8 Å². The number of unbranched alkanes of at least 4 members (excludes halogenated alkanes) is 1. The molecule has 110 valence electrons. The molecule has 0 bridgehead atoms. The molecule has 0 aliphatic carbocycles. The van der Waals surface area contributed by atoms with E-state index in [4.69, 9.17) is 4.74 Å². The van der Waals surface area contributed by atoms with Gasteiger partial charge in [-0.25, -0.2) is 9.97 Å². The zero-order valence-electron chi connectivity index (χ0n) is 12.0. The second kappa shape index (κ2) is 7.71. The molecule has 5 nitrogen and oxygen atoms in total. The molecule has 0 saturated heterocycles. The molecule has 0 spiro atoms. The van der Waals surface area contributed by atoms with Crippen LogP contribution in [0.15, 0.2) is 23.2 Å². The fraction of sp³-hybridized carbons (Fsp3) is 0.571. The Morgan fingerprint density at radius 1 is 1.30 bits per heavy atom. The van der Waals surface area contributed by atoms with E-state index in [-0.39, 0.29) is 0 Å². The summed E-state index contributed by atoms with van der Waals surface area (Å²) in [6, 6.07) is 0. The molecule has 2 rings (SSSR count). The van der Waals surface area contributed by atoms with Gasteiger partial charge in [-0.1, -0.05) is 0 Å². The average Bonchev–Trinajstić information content (AvgIpc) is 2.80. The van der Waals surface area contributed by atoms with Gasteiger partial charge in [0, 0.05) is 19.3 Å². The minimum Gasteiger partial charge on any atom is -0.379 e. The Labute approximate surface area is 127 Å². The summed E-state index contributed by atoms with van der Waals surface area (Å²) in [5.74, 6) is 0. The predicted octanol–water partition coefficient (Wildman–Crippen LogP) is 2.79. The van der Waals surface area contributed by atoms with Crippen molar-refractivity contribution in [1.82, 2.24) is 19.7 Å². The molecule has 20 heavy (non-hydrogen) atoms. The van der Waals surface area contributed by atoms with Crippen molar-refractivity contribution >= 4 is 21.6 Å². The van der Waals surface area contributed by atoms with Crippen molar-refractivity contribution in [1.29, 1.82) is 0 Å². The molecule has 0 aliphatic heterocycles. The molecule has 0 saturated carbocycles. The average molecular weight is 341 g/mol. The Kier molecular flexibility index (Phi) is 5.94. The van der Waals surface area contributed by atoms with Gasteiger partial charge in [-0.3, -0.25) is 4.40 Å². The number of ether oxygens (including phenoxy) is 1. The number of fused-ring (bicyclic) bond motifs is 1. The third-order valence-electron chi connectivity index (χ3n) is 2.95. The summed E-state index contributed by atoms with van der Waals surface area (Å²) >= 11 is 3.38. The quantitative estimate of drug-likeness (QED) is 0.750. The Morgan fingerprint density at radius 3 is 2.95 bits per heavy atom. The number of hydrogen-bond donors (Lipinski definition) is 1. The number of nitrogens with one attached hydrogen (secondary N) is 1. The van der Waals surface area contributed by atoms with Gasteiger partial charge in [0.2, 0.25) is 0 Å². The second-order valence-corrected chi connectivity index (χ2v) is 5.80. The molecule has 0 atom stereocenters. The predicted molar refractivity (Wildman–Crippen MR) is 82.7 cm³/mol. The fourth-order valence-electron chi connectivity index (χ4n) is 1.93. The molecular weight excluding hydrogens is 320 g/mol. The summed E-state index contributed by atoms with van der Waals surface area (Å²) in [6.07, 6.45) is 8.13. The smallest absolute Gasteiger partial charge is 0.155 e. The highest BCUT2D eigenvalue weighted by atomic mass is 79.9. The van der Waals surface area contributed by atoms with Crippen LogP contribution in [-0.2, 0) is 11.3 Å². The SMILES string of the molecule is CC(C)OCCCCNCc1cnc2cnc(Br)cn12. The standard InChI is InChI=1S/C14H21BrN4O/c1-11(2)20-6-4-3-5-16-7-12-8-18-14-9-17-13(15)10-19(12)14/h8-11,16H,3-7H2,1-2H3. The van der Waals surface area contributed by atoms with E-state index in [9.17, 15) is 0 Å². The first kappa shape index (κ1) is 15.4. The molecule has 0 fully saturated rings. The van der Waals surface area contributed by atoms with Gasteiger partial charge in [0.25, 0.3) is 0 Å². The maximum Gasteiger partial charge on any atom is 0.155 e. The molecule has 2 aromatic heterocycles. The largest absolute Gasteiger partial charge is 0.379 e. The first-order valence-corrected chi connectivity index (χ1v) is 7.76. The topological polar surface area (TPSA) is 51.5 Å². The van der Waals surface area contributed by atoms with Gasteiger partial charge in [0.05, 0.1) is 24.2 Å². The molecule has 2 aromatic rings. The maximum atomic E-state index is 5.51. The van der Waals surface area contributed by atoms with Crippen LogP contribution in [0.3, 0.4) is 0 Å². The van der Waals surface area contributed by atoms with Crippen LogP contribution >= 0.6 is 15.9 Å². The molecular formula is C14H21BrN4O. The van der Waals surface area contributed by atoms with Crippen molar-refractivity contribution < 1.29 is 4.74 Å². The van der Waals surface area contributed by atoms with Crippen LogP contribution in [0, 0.1) is 0 Å². The molecule has 0 aliphatic rings. The molecule has 6 heteroatoms. The van der Waals surface area contributed by atoms with Gasteiger partial charge >= 0.3 is 0 Å². The zero-order valence-corrected chi connectivity index (χ0v) is 13.6. The van der Waals surface area contributed by atoms with Crippen molar-refractivity contribution in [2.75, 3.05) is 13.2 Å². The van der Waals surface area contributed by atoms with Crippen LogP contribution in [0.25, 0.3) is 5.65 Å². The van der Waals surface area contributed by atoms with Crippen LogP contribution in [-0.4, -0.2) is 33.6 Å².